The van der Waals surface area contributed by atoms with Crippen molar-refractivity contribution in [3.63, 3.8) is 0 Å². The van der Waals surface area contributed by atoms with E-state index in [-0.39, 0.29) is 0 Å². The predicted molar refractivity (Wildman–Crippen MR) is 90.9 cm³/mol. The van der Waals surface area contributed by atoms with Crippen LogP contribution in [0.3, 0.4) is 0 Å². The van der Waals surface area contributed by atoms with Crippen LogP contribution in [0.25, 0.3) is 11.4 Å². The van der Waals surface area contributed by atoms with E-state index in [9.17, 15) is 0 Å². The highest BCUT2D eigenvalue weighted by atomic mass is 79.9. The van der Waals surface area contributed by atoms with E-state index in [2.05, 4.69) is 37.6 Å². The normalized spacial score (nSPS) is 10.8. The minimum atomic E-state index is 0.535. The lowest BCUT2D eigenvalue weighted by Crippen LogP contribution is -2.01. The second-order valence-electron chi connectivity index (χ2n) is 4.63. The molecule has 0 atom stereocenters. The molecule has 3 rings (SSSR count). The second kappa shape index (κ2) is 6.22. The maximum Gasteiger partial charge on any atom is 0.140 e. The number of benzene rings is 2. The fraction of sp³-hybridized carbons (Fsp3) is 0.0625. The third-order valence-corrected chi connectivity index (χ3v) is 4.43. The molecular weight excluding hydrogens is 371 g/mol. The molecule has 0 saturated carbocycles. The van der Waals surface area contributed by atoms with Crippen LogP contribution in [0.5, 0.6) is 0 Å². The van der Waals surface area contributed by atoms with Gasteiger partial charge in [-0.05, 0) is 35.9 Å². The molecule has 0 fully saturated rings. The van der Waals surface area contributed by atoms with Crippen molar-refractivity contribution in [2.45, 2.75) is 6.54 Å². The van der Waals surface area contributed by atoms with Gasteiger partial charge in [0.25, 0.3) is 0 Å². The van der Waals surface area contributed by atoms with E-state index in [0.29, 0.717) is 10.0 Å². The Balaban J connectivity index is 1.93. The molecule has 0 amide bonds. The molecule has 2 aromatic carbocycles. The largest absolute Gasteiger partial charge is 0.327 e. The predicted octanol–water partition coefficient (Wildman–Crippen LogP) is 5.67. The number of aromatic nitrogens is 2. The topological polar surface area (TPSA) is 17.8 Å². The highest BCUT2D eigenvalue weighted by molar-refractivity contribution is 9.10. The smallest absolute Gasteiger partial charge is 0.140 e. The van der Waals surface area contributed by atoms with Crippen LogP contribution in [-0.4, -0.2) is 9.55 Å². The third-order valence-electron chi connectivity index (χ3n) is 3.16. The molecule has 0 aliphatic carbocycles. The summed E-state index contributed by atoms with van der Waals surface area (Å²) in [5.74, 6) is 0.872. The van der Waals surface area contributed by atoms with Gasteiger partial charge in [-0.25, -0.2) is 4.98 Å². The van der Waals surface area contributed by atoms with E-state index in [0.717, 1.165) is 22.4 Å². The molecule has 0 bridgehead atoms. The maximum atomic E-state index is 6.09. The maximum absolute atomic E-state index is 6.09. The molecule has 106 valence electrons. The standard InChI is InChI=1S/C16H11BrCl2N2/c17-13-4-1-11(2-5-13)10-21-8-7-20-16(21)12-3-6-14(18)15(19)9-12/h1-9H,10H2. The first-order chi connectivity index (χ1) is 10.1. The van der Waals surface area contributed by atoms with Crippen molar-refractivity contribution in [1.82, 2.24) is 9.55 Å². The first kappa shape index (κ1) is 14.6. The van der Waals surface area contributed by atoms with Crippen molar-refractivity contribution in [3.8, 4) is 11.4 Å². The van der Waals surface area contributed by atoms with Gasteiger partial charge in [0.05, 0.1) is 10.0 Å². The van der Waals surface area contributed by atoms with E-state index in [1.54, 1.807) is 12.3 Å². The number of hydrogen-bond donors (Lipinski definition) is 0. The number of imidazole rings is 1. The Labute approximate surface area is 141 Å². The Morgan fingerprint density at radius 2 is 1.76 bits per heavy atom. The Kier molecular flexibility index (Phi) is 4.34. The van der Waals surface area contributed by atoms with Crippen molar-refractivity contribution < 1.29 is 0 Å². The molecule has 21 heavy (non-hydrogen) atoms. The summed E-state index contributed by atoms with van der Waals surface area (Å²) in [6, 6.07) is 13.8. The molecule has 2 nitrogen and oxygen atoms in total. The fourth-order valence-corrected chi connectivity index (χ4v) is 2.68. The van der Waals surface area contributed by atoms with Crippen molar-refractivity contribution in [3.05, 3.63) is 74.9 Å². The van der Waals surface area contributed by atoms with E-state index < -0.39 is 0 Å². The zero-order valence-corrected chi connectivity index (χ0v) is 14.0. The van der Waals surface area contributed by atoms with E-state index in [1.165, 1.54) is 5.56 Å². The molecule has 0 saturated heterocycles. The number of halogens is 3. The van der Waals surface area contributed by atoms with Crippen molar-refractivity contribution in [2.75, 3.05) is 0 Å². The molecule has 3 aromatic rings. The Morgan fingerprint density at radius 1 is 1.00 bits per heavy atom. The first-order valence-electron chi connectivity index (χ1n) is 6.34. The summed E-state index contributed by atoms with van der Waals surface area (Å²) in [7, 11) is 0. The first-order valence-corrected chi connectivity index (χ1v) is 7.89. The van der Waals surface area contributed by atoms with Crippen LogP contribution in [0.2, 0.25) is 10.0 Å². The molecule has 0 unspecified atom stereocenters. The van der Waals surface area contributed by atoms with Crippen molar-refractivity contribution >= 4 is 39.1 Å². The molecule has 1 heterocycles. The third kappa shape index (κ3) is 3.31. The zero-order chi connectivity index (χ0) is 14.8. The van der Waals surface area contributed by atoms with Crippen LogP contribution in [0, 0.1) is 0 Å². The minimum Gasteiger partial charge on any atom is -0.327 e. The Bertz CT molecular complexity index is 766. The molecular formula is C16H11BrCl2N2. The lowest BCUT2D eigenvalue weighted by Gasteiger charge is -2.09. The minimum absolute atomic E-state index is 0.535. The van der Waals surface area contributed by atoms with Gasteiger partial charge in [0, 0.05) is 29.0 Å². The van der Waals surface area contributed by atoms with Gasteiger partial charge in [0.1, 0.15) is 5.82 Å². The van der Waals surface area contributed by atoms with Gasteiger partial charge in [0.15, 0.2) is 0 Å². The van der Waals surface area contributed by atoms with Gasteiger partial charge < -0.3 is 4.57 Å². The summed E-state index contributed by atoms with van der Waals surface area (Å²) < 4.78 is 3.16. The monoisotopic (exact) mass is 380 g/mol. The summed E-state index contributed by atoms with van der Waals surface area (Å²) in [4.78, 5) is 4.42. The summed E-state index contributed by atoms with van der Waals surface area (Å²) in [6.45, 7) is 0.753. The van der Waals surface area contributed by atoms with Crippen LogP contribution in [-0.2, 0) is 6.54 Å². The quantitative estimate of drug-likeness (QED) is 0.571. The Morgan fingerprint density at radius 3 is 2.48 bits per heavy atom. The van der Waals surface area contributed by atoms with Crippen molar-refractivity contribution in [2.24, 2.45) is 0 Å². The number of hydrogen-bond acceptors (Lipinski definition) is 1. The average Bonchev–Trinajstić information content (AvgIpc) is 2.92. The van der Waals surface area contributed by atoms with E-state index >= 15 is 0 Å². The SMILES string of the molecule is Clc1ccc(-c2nccn2Cc2ccc(Br)cc2)cc1Cl. The van der Waals surface area contributed by atoms with Crippen molar-refractivity contribution in [1.29, 1.82) is 0 Å². The summed E-state index contributed by atoms with van der Waals surface area (Å²) in [6.07, 6.45) is 3.75. The lowest BCUT2D eigenvalue weighted by atomic mass is 10.2. The molecule has 0 radical (unpaired) electrons. The van der Waals surface area contributed by atoms with Gasteiger partial charge in [-0.2, -0.15) is 0 Å². The van der Waals surface area contributed by atoms with Crippen LogP contribution in [0.15, 0.2) is 59.3 Å². The molecule has 5 heteroatoms. The highest BCUT2D eigenvalue weighted by Gasteiger charge is 2.08. The molecule has 0 aliphatic rings. The highest BCUT2D eigenvalue weighted by Crippen LogP contribution is 2.28. The van der Waals surface area contributed by atoms with Gasteiger partial charge in [0.2, 0.25) is 0 Å². The molecule has 1 aromatic heterocycles. The average molecular weight is 382 g/mol. The zero-order valence-electron chi connectivity index (χ0n) is 10.9. The molecule has 0 aliphatic heterocycles. The number of rotatable bonds is 3. The van der Waals surface area contributed by atoms with Gasteiger partial charge in [-0.1, -0.05) is 51.3 Å². The lowest BCUT2D eigenvalue weighted by molar-refractivity contribution is 0.807. The van der Waals surface area contributed by atoms with E-state index in [1.807, 2.05) is 30.5 Å². The Hall–Kier alpha value is -1.29. The van der Waals surface area contributed by atoms with Crippen LogP contribution < -0.4 is 0 Å². The summed E-state index contributed by atoms with van der Waals surface area (Å²) in [5, 5.41) is 1.08. The van der Waals surface area contributed by atoms with Gasteiger partial charge >= 0.3 is 0 Å². The fourth-order valence-electron chi connectivity index (χ4n) is 2.12. The summed E-state index contributed by atoms with van der Waals surface area (Å²) >= 11 is 15.5. The van der Waals surface area contributed by atoms with Crippen LogP contribution >= 0.6 is 39.1 Å². The second-order valence-corrected chi connectivity index (χ2v) is 6.36. The molecule has 0 N–H and O–H groups in total. The van der Waals surface area contributed by atoms with E-state index in [4.69, 9.17) is 23.2 Å². The van der Waals surface area contributed by atoms with Gasteiger partial charge in [-0.15, -0.1) is 0 Å². The van der Waals surface area contributed by atoms with Crippen LogP contribution in [0.1, 0.15) is 5.56 Å². The summed E-state index contributed by atoms with van der Waals surface area (Å²) in [5.41, 5.74) is 2.16. The molecule has 0 spiro atoms. The van der Waals surface area contributed by atoms with Gasteiger partial charge in [-0.3, -0.25) is 0 Å². The number of nitrogens with zero attached hydrogens (tertiary/aromatic N) is 2. The van der Waals surface area contributed by atoms with Crippen LogP contribution in [0.4, 0.5) is 0 Å².